The summed E-state index contributed by atoms with van der Waals surface area (Å²) in [5, 5.41) is 9.98. The molecule has 0 radical (unpaired) electrons. The molecule has 1 rings (SSSR count). The fraction of sp³-hybridized carbons (Fsp3) is 0.923. The fourth-order valence-electron chi connectivity index (χ4n) is 2.05. The Morgan fingerprint density at radius 2 is 2.11 bits per heavy atom. The van der Waals surface area contributed by atoms with E-state index >= 15 is 0 Å². The number of aliphatic hydroxyl groups excluding tert-OH is 1. The molecule has 2 atom stereocenters. The number of nitrogens with zero attached hydrogens (tertiary/aromatic N) is 1. The molecule has 0 aromatic carbocycles. The second-order valence-corrected chi connectivity index (χ2v) is 6.15. The molecule has 1 aliphatic heterocycles. The van der Waals surface area contributed by atoms with Crippen molar-refractivity contribution >= 4 is 6.09 Å². The Morgan fingerprint density at radius 3 is 2.56 bits per heavy atom. The number of carbonyl (C=O) groups excluding carboxylic acids is 1. The SMILES string of the molecule is CCC(O)C1COC(C)(C)N1C(=O)OC(C)(C)C. The zero-order valence-electron chi connectivity index (χ0n) is 12.2. The molecule has 5 heteroatoms. The minimum atomic E-state index is -0.747. The number of aliphatic hydroxyl groups is 1. The first-order valence-corrected chi connectivity index (χ1v) is 6.43. The molecule has 0 bridgehead atoms. The van der Waals surface area contributed by atoms with Crippen LogP contribution in [0, 0.1) is 0 Å². The van der Waals surface area contributed by atoms with Gasteiger partial charge in [-0.15, -0.1) is 0 Å². The van der Waals surface area contributed by atoms with Gasteiger partial charge in [-0.05, 0) is 41.0 Å². The normalized spacial score (nSPS) is 25.1. The van der Waals surface area contributed by atoms with Gasteiger partial charge in [-0.25, -0.2) is 4.79 Å². The number of rotatable bonds is 2. The van der Waals surface area contributed by atoms with E-state index in [4.69, 9.17) is 9.47 Å². The zero-order chi connectivity index (χ0) is 14.1. The van der Waals surface area contributed by atoms with Crippen LogP contribution in [0.15, 0.2) is 0 Å². The van der Waals surface area contributed by atoms with Gasteiger partial charge in [-0.2, -0.15) is 0 Å². The summed E-state index contributed by atoms with van der Waals surface area (Å²) in [4.78, 5) is 13.7. The third kappa shape index (κ3) is 3.36. The number of hydrogen-bond donors (Lipinski definition) is 1. The molecular weight excluding hydrogens is 234 g/mol. The van der Waals surface area contributed by atoms with Gasteiger partial charge in [0.2, 0.25) is 0 Å². The Kier molecular flexibility index (Phi) is 4.28. The molecule has 1 amide bonds. The van der Waals surface area contributed by atoms with Crippen molar-refractivity contribution in [1.29, 1.82) is 0 Å². The van der Waals surface area contributed by atoms with Crippen LogP contribution in [0.1, 0.15) is 48.0 Å². The topological polar surface area (TPSA) is 59.0 Å². The van der Waals surface area contributed by atoms with Crippen molar-refractivity contribution in [3.8, 4) is 0 Å². The summed E-state index contributed by atoms with van der Waals surface area (Å²) >= 11 is 0. The summed E-state index contributed by atoms with van der Waals surface area (Å²) < 4.78 is 11.0. The molecule has 5 nitrogen and oxygen atoms in total. The average Bonchev–Trinajstić information content (AvgIpc) is 2.50. The van der Waals surface area contributed by atoms with Gasteiger partial charge in [0.25, 0.3) is 0 Å². The molecular formula is C13H25NO4. The first-order chi connectivity index (χ1) is 8.08. The summed E-state index contributed by atoms with van der Waals surface area (Å²) in [5.74, 6) is 0. The van der Waals surface area contributed by atoms with E-state index in [1.807, 2.05) is 27.7 Å². The quantitative estimate of drug-likeness (QED) is 0.825. The number of carbonyl (C=O) groups is 1. The van der Waals surface area contributed by atoms with Gasteiger partial charge in [0.15, 0.2) is 0 Å². The maximum absolute atomic E-state index is 12.2. The molecule has 1 N–H and O–H groups in total. The zero-order valence-corrected chi connectivity index (χ0v) is 12.2. The minimum absolute atomic E-state index is 0.335. The first-order valence-electron chi connectivity index (χ1n) is 6.43. The summed E-state index contributed by atoms with van der Waals surface area (Å²) in [7, 11) is 0. The molecule has 1 saturated heterocycles. The Balaban J connectivity index is 2.88. The van der Waals surface area contributed by atoms with E-state index < -0.39 is 23.5 Å². The lowest BCUT2D eigenvalue weighted by Crippen LogP contribution is -2.53. The van der Waals surface area contributed by atoms with Crippen LogP contribution >= 0.6 is 0 Å². The van der Waals surface area contributed by atoms with Gasteiger partial charge in [0.05, 0.1) is 18.8 Å². The predicted octanol–water partition coefficient (Wildman–Crippen LogP) is 2.13. The van der Waals surface area contributed by atoms with Crippen LogP contribution < -0.4 is 0 Å². The Morgan fingerprint density at radius 1 is 1.56 bits per heavy atom. The van der Waals surface area contributed by atoms with Crippen LogP contribution in [-0.4, -0.2) is 46.2 Å². The standard InChI is InChI=1S/C13H25NO4/c1-7-10(15)9-8-17-13(5,6)14(9)11(16)18-12(2,3)4/h9-10,15H,7-8H2,1-6H3. The molecule has 0 spiro atoms. The van der Waals surface area contributed by atoms with Gasteiger partial charge >= 0.3 is 6.09 Å². The van der Waals surface area contributed by atoms with Crippen LogP contribution in [0.5, 0.6) is 0 Å². The van der Waals surface area contributed by atoms with E-state index in [0.717, 1.165) is 0 Å². The predicted molar refractivity (Wildman–Crippen MR) is 68.2 cm³/mol. The highest BCUT2D eigenvalue weighted by Crippen LogP contribution is 2.31. The third-order valence-corrected chi connectivity index (χ3v) is 2.97. The van der Waals surface area contributed by atoms with Gasteiger partial charge in [-0.3, -0.25) is 4.90 Å². The lowest BCUT2D eigenvalue weighted by Gasteiger charge is -2.36. The third-order valence-electron chi connectivity index (χ3n) is 2.97. The number of ether oxygens (including phenoxy) is 2. The van der Waals surface area contributed by atoms with Crippen LogP contribution in [0.4, 0.5) is 4.79 Å². The number of amides is 1. The molecule has 1 aliphatic rings. The Bertz CT molecular complexity index is 309. The Hall–Kier alpha value is -0.810. The summed E-state index contributed by atoms with van der Waals surface area (Å²) in [5.41, 5.74) is -1.30. The average molecular weight is 259 g/mol. The van der Waals surface area contributed by atoms with Crippen LogP contribution in [-0.2, 0) is 9.47 Å². The highest BCUT2D eigenvalue weighted by molar-refractivity contribution is 5.69. The molecule has 0 saturated carbocycles. The van der Waals surface area contributed by atoms with Crippen molar-refractivity contribution in [2.45, 2.75) is 71.4 Å². The van der Waals surface area contributed by atoms with E-state index in [-0.39, 0.29) is 6.04 Å². The van der Waals surface area contributed by atoms with E-state index in [9.17, 15) is 9.90 Å². The second kappa shape index (κ2) is 5.05. The van der Waals surface area contributed by atoms with Crippen LogP contribution in [0.2, 0.25) is 0 Å². The van der Waals surface area contributed by atoms with Crippen molar-refractivity contribution in [2.75, 3.05) is 6.61 Å². The summed E-state index contributed by atoms with van der Waals surface area (Å²) in [6.07, 6.45) is -0.467. The minimum Gasteiger partial charge on any atom is -0.444 e. The van der Waals surface area contributed by atoms with Crippen molar-refractivity contribution in [3.05, 3.63) is 0 Å². The first kappa shape index (κ1) is 15.2. The van der Waals surface area contributed by atoms with Gasteiger partial charge < -0.3 is 14.6 Å². The monoisotopic (exact) mass is 259 g/mol. The van der Waals surface area contributed by atoms with Crippen molar-refractivity contribution in [1.82, 2.24) is 4.90 Å². The molecule has 0 aliphatic carbocycles. The van der Waals surface area contributed by atoms with E-state index in [0.29, 0.717) is 13.0 Å². The van der Waals surface area contributed by atoms with Gasteiger partial charge in [0, 0.05) is 0 Å². The number of hydrogen-bond acceptors (Lipinski definition) is 4. The lowest BCUT2D eigenvalue weighted by molar-refractivity contribution is -0.0678. The van der Waals surface area contributed by atoms with Gasteiger partial charge in [0.1, 0.15) is 11.3 Å². The fourth-order valence-corrected chi connectivity index (χ4v) is 2.05. The molecule has 1 fully saturated rings. The van der Waals surface area contributed by atoms with Crippen molar-refractivity contribution < 1.29 is 19.4 Å². The van der Waals surface area contributed by atoms with Crippen LogP contribution in [0.25, 0.3) is 0 Å². The largest absolute Gasteiger partial charge is 0.444 e. The molecule has 1 heterocycles. The van der Waals surface area contributed by atoms with E-state index in [1.165, 1.54) is 4.90 Å². The molecule has 18 heavy (non-hydrogen) atoms. The molecule has 0 aromatic heterocycles. The molecule has 0 aromatic rings. The smallest absolute Gasteiger partial charge is 0.412 e. The van der Waals surface area contributed by atoms with E-state index in [1.54, 1.807) is 13.8 Å². The maximum Gasteiger partial charge on any atom is 0.412 e. The summed E-state index contributed by atoms with van der Waals surface area (Å²) in [6.45, 7) is 11.3. The highest BCUT2D eigenvalue weighted by atomic mass is 16.6. The Labute approximate surface area is 109 Å². The molecule has 2 unspecified atom stereocenters. The highest BCUT2D eigenvalue weighted by Gasteiger charge is 2.47. The van der Waals surface area contributed by atoms with Crippen molar-refractivity contribution in [2.24, 2.45) is 0 Å². The second-order valence-electron chi connectivity index (χ2n) is 6.15. The summed E-state index contributed by atoms with van der Waals surface area (Å²) in [6, 6.07) is -0.347. The van der Waals surface area contributed by atoms with E-state index in [2.05, 4.69) is 0 Å². The van der Waals surface area contributed by atoms with Gasteiger partial charge in [-0.1, -0.05) is 6.92 Å². The maximum atomic E-state index is 12.2. The lowest BCUT2D eigenvalue weighted by atomic mass is 10.1. The van der Waals surface area contributed by atoms with Crippen LogP contribution in [0.3, 0.4) is 0 Å². The van der Waals surface area contributed by atoms with Crippen molar-refractivity contribution in [3.63, 3.8) is 0 Å². The molecule has 106 valence electrons.